The van der Waals surface area contributed by atoms with Crippen LogP contribution >= 0.6 is 0 Å². The number of rotatable bonds is 1. The maximum absolute atomic E-state index is 11.9. The third kappa shape index (κ3) is 2.07. The molecule has 5 nitrogen and oxygen atoms in total. The van der Waals surface area contributed by atoms with Gasteiger partial charge in [0.15, 0.2) is 0 Å². The van der Waals surface area contributed by atoms with Crippen molar-refractivity contribution in [3.8, 4) is 5.75 Å². The molecule has 5 heteroatoms. The zero-order chi connectivity index (χ0) is 17.8. The molecule has 2 heterocycles. The van der Waals surface area contributed by atoms with Gasteiger partial charge in [0.1, 0.15) is 17.5 Å². The lowest BCUT2D eigenvalue weighted by Gasteiger charge is -2.30. The van der Waals surface area contributed by atoms with Gasteiger partial charge in [0.05, 0.1) is 5.56 Å². The lowest BCUT2D eigenvalue weighted by atomic mass is 9.99. The summed E-state index contributed by atoms with van der Waals surface area (Å²) in [6.07, 6.45) is -0.427. The van der Waals surface area contributed by atoms with Gasteiger partial charge in [-0.15, -0.1) is 0 Å². The average Bonchev–Trinajstić information content (AvgIpc) is 2.61. The highest BCUT2D eigenvalue weighted by molar-refractivity contribution is 6.05. The van der Waals surface area contributed by atoms with Crippen molar-refractivity contribution in [1.29, 1.82) is 0 Å². The molecule has 26 heavy (non-hydrogen) atoms. The zero-order valence-corrected chi connectivity index (χ0v) is 14.0. The van der Waals surface area contributed by atoms with E-state index in [2.05, 4.69) is 22.8 Å². The van der Waals surface area contributed by atoms with E-state index in [0.29, 0.717) is 11.1 Å². The number of hydrogen-bond acceptors (Lipinski definition) is 5. The molecule has 0 saturated carbocycles. The highest BCUT2D eigenvalue weighted by atomic mass is 16.4. The molecule has 0 fully saturated rings. The monoisotopic (exact) mass is 344 g/mol. The summed E-state index contributed by atoms with van der Waals surface area (Å²) in [5, 5.41) is 20.4. The van der Waals surface area contributed by atoms with Crippen molar-refractivity contribution >= 4 is 33.1 Å². The van der Waals surface area contributed by atoms with Crippen LogP contribution in [-0.4, -0.2) is 5.11 Å². The second-order valence-corrected chi connectivity index (χ2v) is 6.55. The Balaban J connectivity index is 1.75. The average molecular weight is 344 g/mol. The fraction of sp³-hybridized carbons (Fsp3) is 0.0952. The third-order valence-corrected chi connectivity index (χ3v) is 4.93. The third-order valence-electron chi connectivity index (χ3n) is 4.93. The van der Waals surface area contributed by atoms with Gasteiger partial charge in [-0.2, -0.15) is 0 Å². The minimum Gasteiger partial charge on any atom is -0.507 e. The molecule has 3 aromatic carbocycles. The topological polar surface area (TPSA) is 74.5 Å². The van der Waals surface area contributed by atoms with Crippen LogP contribution in [0.4, 0.5) is 11.4 Å². The van der Waals surface area contributed by atoms with Crippen LogP contribution in [0.3, 0.4) is 0 Å². The SMILES string of the molecule is Cc1cc(=O)oc2c(C3Nc4cccc5cccc(c45)N3)c(O)ccc12. The number of aryl methyl sites for hydroxylation is 1. The van der Waals surface area contributed by atoms with Crippen molar-refractivity contribution in [2.24, 2.45) is 0 Å². The van der Waals surface area contributed by atoms with Gasteiger partial charge >= 0.3 is 5.63 Å². The van der Waals surface area contributed by atoms with Gasteiger partial charge in [-0.05, 0) is 42.1 Å². The molecular weight excluding hydrogens is 328 g/mol. The lowest BCUT2D eigenvalue weighted by molar-refractivity contribution is 0.462. The Morgan fingerprint density at radius 2 is 1.69 bits per heavy atom. The fourth-order valence-corrected chi connectivity index (χ4v) is 3.75. The normalized spacial score (nSPS) is 13.6. The molecule has 1 aliphatic rings. The highest BCUT2D eigenvalue weighted by Gasteiger charge is 2.26. The number of phenolic OH excluding ortho intramolecular Hbond substituents is 1. The molecule has 1 aromatic heterocycles. The summed E-state index contributed by atoms with van der Waals surface area (Å²) in [5.74, 6) is 0.0720. The second kappa shape index (κ2) is 5.26. The molecule has 0 aliphatic carbocycles. The van der Waals surface area contributed by atoms with Crippen LogP contribution in [0.2, 0.25) is 0 Å². The Labute approximate surface area is 148 Å². The van der Waals surface area contributed by atoms with E-state index in [-0.39, 0.29) is 5.75 Å². The minimum atomic E-state index is -0.430. The van der Waals surface area contributed by atoms with E-state index in [4.69, 9.17) is 4.42 Å². The van der Waals surface area contributed by atoms with Crippen molar-refractivity contribution in [3.05, 3.63) is 76.1 Å². The van der Waals surface area contributed by atoms with E-state index in [0.717, 1.165) is 33.1 Å². The zero-order valence-electron chi connectivity index (χ0n) is 14.0. The van der Waals surface area contributed by atoms with Crippen molar-refractivity contribution in [1.82, 2.24) is 0 Å². The van der Waals surface area contributed by atoms with Gasteiger partial charge in [-0.1, -0.05) is 24.3 Å². The van der Waals surface area contributed by atoms with Crippen LogP contribution in [-0.2, 0) is 0 Å². The maximum atomic E-state index is 11.9. The number of phenols is 1. The smallest absolute Gasteiger partial charge is 0.336 e. The van der Waals surface area contributed by atoms with E-state index < -0.39 is 11.8 Å². The van der Waals surface area contributed by atoms with Crippen LogP contribution in [0.15, 0.2) is 63.8 Å². The standard InChI is InChI=1S/C21H16N2O3/c1-11-10-17(25)26-20-13(11)8-9-16(24)19(20)21-22-14-6-2-4-12-5-3-7-15(23-21)18(12)14/h2-10,21-24H,1H3. The Bertz CT molecular complexity index is 1200. The Morgan fingerprint density at radius 1 is 1.00 bits per heavy atom. The first-order valence-electron chi connectivity index (χ1n) is 8.43. The molecule has 1 aliphatic heterocycles. The van der Waals surface area contributed by atoms with Gasteiger partial charge in [0.25, 0.3) is 0 Å². The van der Waals surface area contributed by atoms with Crippen LogP contribution in [0.25, 0.3) is 21.7 Å². The summed E-state index contributed by atoms with van der Waals surface area (Å²) in [4.78, 5) is 11.9. The summed E-state index contributed by atoms with van der Waals surface area (Å²) >= 11 is 0. The number of benzene rings is 3. The van der Waals surface area contributed by atoms with Crippen LogP contribution in [0.1, 0.15) is 17.3 Å². The molecule has 128 valence electrons. The summed E-state index contributed by atoms with van der Waals surface area (Å²) in [6, 6.07) is 17.0. The number of fused-ring (bicyclic) bond motifs is 1. The number of hydrogen-bond donors (Lipinski definition) is 3. The predicted octanol–water partition coefficient (Wildman–Crippen LogP) is 4.50. The van der Waals surface area contributed by atoms with E-state index in [1.165, 1.54) is 6.07 Å². The lowest BCUT2D eigenvalue weighted by Crippen LogP contribution is -2.24. The molecular formula is C21H16N2O3. The summed E-state index contributed by atoms with van der Waals surface area (Å²) in [5.41, 5.74) is 3.24. The van der Waals surface area contributed by atoms with E-state index in [1.54, 1.807) is 12.1 Å². The molecule has 5 rings (SSSR count). The molecule has 0 radical (unpaired) electrons. The van der Waals surface area contributed by atoms with Crippen molar-refractivity contribution in [2.45, 2.75) is 13.1 Å². The number of anilines is 2. The molecule has 0 atom stereocenters. The van der Waals surface area contributed by atoms with Gasteiger partial charge in [-0.3, -0.25) is 0 Å². The summed E-state index contributed by atoms with van der Waals surface area (Å²) in [6.45, 7) is 1.86. The maximum Gasteiger partial charge on any atom is 0.336 e. The van der Waals surface area contributed by atoms with E-state index >= 15 is 0 Å². The summed E-state index contributed by atoms with van der Waals surface area (Å²) < 4.78 is 5.47. The van der Waals surface area contributed by atoms with Crippen LogP contribution in [0.5, 0.6) is 5.75 Å². The highest BCUT2D eigenvalue weighted by Crippen LogP contribution is 2.42. The first-order chi connectivity index (χ1) is 12.6. The molecule has 3 N–H and O–H groups in total. The molecule has 0 spiro atoms. The Hall–Kier alpha value is -3.47. The van der Waals surface area contributed by atoms with Crippen molar-refractivity contribution in [2.75, 3.05) is 10.6 Å². The van der Waals surface area contributed by atoms with Gasteiger partial charge in [0, 0.05) is 28.2 Å². The predicted molar refractivity (Wildman–Crippen MR) is 103 cm³/mol. The Morgan fingerprint density at radius 3 is 2.38 bits per heavy atom. The van der Waals surface area contributed by atoms with Crippen molar-refractivity contribution in [3.63, 3.8) is 0 Å². The van der Waals surface area contributed by atoms with Crippen LogP contribution in [0, 0.1) is 6.92 Å². The first kappa shape index (κ1) is 14.8. The molecule has 0 unspecified atom stereocenters. The largest absolute Gasteiger partial charge is 0.507 e. The van der Waals surface area contributed by atoms with Gasteiger partial charge in [-0.25, -0.2) is 4.79 Å². The van der Waals surface area contributed by atoms with E-state index in [9.17, 15) is 9.90 Å². The number of aromatic hydroxyl groups is 1. The molecule has 0 saturated heterocycles. The molecule has 0 amide bonds. The quantitative estimate of drug-likeness (QED) is 0.444. The second-order valence-electron chi connectivity index (χ2n) is 6.55. The minimum absolute atomic E-state index is 0.0720. The van der Waals surface area contributed by atoms with Crippen molar-refractivity contribution < 1.29 is 9.52 Å². The van der Waals surface area contributed by atoms with Gasteiger partial charge < -0.3 is 20.2 Å². The van der Waals surface area contributed by atoms with E-state index in [1.807, 2.05) is 31.2 Å². The van der Waals surface area contributed by atoms with Gasteiger partial charge in [0.2, 0.25) is 0 Å². The first-order valence-corrected chi connectivity index (χ1v) is 8.43. The molecule has 4 aromatic rings. The molecule has 0 bridgehead atoms. The van der Waals surface area contributed by atoms with Crippen LogP contribution < -0.4 is 16.3 Å². The summed E-state index contributed by atoms with van der Waals surface area (Å²) in [7, 11) is 0. The fourth-order valence-electron chi connectivity index (χ4n) is 3.75. The number of nitrogens with one attached hydrogen (secondary N) is 2. The Kier molecular flexibility index (Phi) is 3.00.